The second kappa shape index (κ2) is 10.4. The third-order valence-electron chi connectivity index (χ3n) is 5.25. The fourth-order valence-corrected chi connectivity index (χ4v) is 7.11. The highest BCUT2D eigenvalue weighted by atomic mass is 127. The lowest BCUT2D eigenvalue weighted by Crippen LogP contribution is -2.54. The highest BCUT2D eigenvalue weighted by molar-refractivity contribution is 14.2. The van der Waals surface area contributed by atoms with Gasteiger partial charge in [-0.2, -0.15) is 0 Å². The van der Waals surface area contributed by atoms with Gasteiger partial charge in [-0.15, -0.1) is 0 Å². The Kier molecular flexibility index (Phi) is 8.22. The Morgan fingerprint density at radius 3 is 2.29 bits per heavy atom. The van der Waals surface area contributed by atoms with Crippen molar-refractivity contribution in [2.45, 2.75) is 36.7 Å². The molecule has 1 aliphatic rings. The summed E-state index contributed by atoms with van der Waals surface area (Å²) in [5, 5.41) is 0. The zero-order valence-electron chi connectivity index (χ0n) is 16.1. The molecule has 0 radical (unpaired) electrons. The van der Waals surface area contributed by atoms with Gasteiger partial charge < -0.3 is 0 Å². The van der Waals surface area contributed by atoms with Gasteiger partial charge in [0.05, 0.1) is 16.7 Å². The first-order valence-corrected chi connectivity index (χ1v) is 14.6. The summed E-state index contributed by atoms with van der Waals surface area (Å²) in [5.41, 5.74) is 1.29. The van der Waals surface area contributed by atoms with Gasteiger partial charge in [0.2, 0.25) is 0 Å². The second-order valence-corrected chi connectivity index (χ2v) is 11.0. The molecule has 7 heteroatoms. The zero-order valence-corrected chi connectivity index (χ0v) is 19.9. The van der Waals surface area contributed by atoms with Crippen LogP contribution in [-0.4, -0.2) is 49.1 Å². The van der Waals surface area contributed by atoms with Crippen molar-refractivity contribution >= 4 is 40.2 Å². The van der Waals surface area contributed by atoms with E-state index in [1.165, 1.54) is 5.56 Å². The summed E-state index contributed by atoms with van der Waals surface area (Å²) in [6.45, 7) is 4.72. The highest BCUT2D eigenvalue weighted by Crippen LogP contribution is 2.36. The molecule has 28 heavy (non-hydrogen) atoms. The predicted molar refractivity (Wildman–Crippen MR) is 126 cm³/mol. The van der Waals surface area contributed by atoms with E-state index in [4.69, 9.17) is 0 Å². The minimum atomic E-state index is -3.31. The van der Waals surface area contributed by atoms with Crippen LogP contribution in [0.3, 0.4) is 0 Å². The van der Waals surface area contributed by atoms with Gasteiger partial charge in [-0.05, 0) is 39.8 Å². The SMILES string of the molecule is CCCCN1C[C@H](c2ccccc2)N(SI)C[C@@H]1CS(=O)(=O)c1ccccc1. The number of nitrogens with zero attached hydrogens (tertiary/aromatic N) is 2. The molecule has 1 heterocycles. The van der Waals surface area contributed by atoms with Crippen molar-refractivity contribution in [3.05, 3.63) is 66.2 Å². The molecule has 0 N–H and O–H groups in total. The largest absolute Gasteiger partial charge is 0.296 e. The normalized spacial score (nSPS) is 21.6. The van der Waals surface area contributed by atoms with Gasteiger partial charge >= 0.3 is 0 Å². The lowest BCUT2D eigenvalue weighted by molar-refractivity contribution is 0.0933. The van der Waals surface area contributed by atoms with Crippen LogP contribution in [0.1, 0.15) is 31.4 Å². The van der Waals surface area contributed by atoms with Crippen molar-refractivity contribution in [3.63, 3.8) is 0 Å². The average molecular weight is 530 g/mol. The van der Waals surface area contributed by atoms with E-state index in [1.807, 2.05) is 12.1 Å². The number of unbranched alkanes of at least 4 members (excludes halogenated alkanes) is 1. The molecule has 1 aliphatic heterocycles. The number of benzene rings is 2. The molecule has 0 unspecified atom stereocenters. The molecular formula is C21H27IN2O2S2. The van der Waals surface area contributed by atoms with Gasteiger partial charge in [0, 0.05) is 40.3 Å². The summed E-state index contributed by atoms with van der Waals surface area (Å²) in [5.74, 6) is 0.163. The van der Waals surface area contributed by atoms with Crippen LogP contribution < -0.4 is 0 Å². The molecule has 1 fully saturated rings. The molecule has 2 aromatic carbocycles. The Morgan fingerprint density at radius 2 is 1.68 bits per heavy atom. The molecule has 0 spiro atoms. The van der Waals surface area contributed by atoms with Crippen LogP contribution in [-0.2, 0) is 9.84 Å². The van der Waals surface area contributed by atoms with Crippen molar-refractivity contribution in [1.29, 1.82) is 0 Å². The maximum atomic E-state index is 13.0. The molecule has 152 valence electrons. The Labute approximate surface area is 185 Å². The highest BCUT2D eigenvalue weighted by Gasteiger charge is 2.37. The molecule has 2 atom stereocenters. The molecule has 0 aliphatic carbocycles. The molecule has 0 saturated carbocycles. The van der Waals surface area contributed by atoms with Gasteiger partial charge in [-0.25, -0.2) is 12.7 Å². The summed E-state index contributed by atoms with van der Waals surface area (Å²) >= 11 is 2.32. The predicted octanol–water partition coefficient (Wildman–Crippen LogP) is 4.99. The van der Waals surface area contributed by atoms with Gasteiger partial charge in [0.15, 0.2) is 9.84 Å². The van der Waals surface area contributed by atoms with E-state index in [-0.39, 0.29) is 17.8 Å². The third-order valence-corrected chi connectivity index (χ3v) is 9.16. The number of hydrogen-bond acceptors (Lipinski definition) is 5. The van der Waals surface area contributed by atoms with Crippen LogP contribution in [0.4, 0.5) is 0 Å². The number of piperazine rings is 1. The van der Waals surface area contributed by atoms with Gasteiger partial charge in [0.25, 0.3) is 0 Å². The third kappa shape index (κ3) is 5.50. The van der Waals surface area contributed by atoms with E-state index >= 15 is 0 Å². The van der Waals surface area contributed by atoms with Crippen LogP contribution in [0.15, 0.2) is 65.6 Å². The first kappa shape index (κ1) is 22.1. The van der Waals surface area contributed by atoms with Crippen LogP contribution in [0, 0.1) is 0 Å². The molecule has 2 aromatic rings. The molecule has 0 aromatic heterocycles. The molecule has 0 amide bonds. The Balaban J connectivity index is 1.83. The number of halogens is 1. The van der Waals surface area contributed by atoms with Gasteiger partial charge in [0.1, 0.15) is 0 Å². The van der Waals surface area contributed by atoms with Crippen molar-refractivity contribution in [3.8, 4) is 0 Å². The van der Waals surface area contributed by atoms with Crippen molar-refractivity contribution in [1.82, 2.24) is 9.21 Å². The number of sulfone groups is 1. The fourth-order valence-electron chi connectivity index (χ4n) is 3.71. The standard InChI is InChI=1S/C21H27IN2O2S2/c1-2-3-14-23-16-21(18-10-6-4-7-11-18)24(27-22)15-19(23)17-28(25,26)20-12-8-5-9-13-20/h4-13,19,21H,2-3,14-17H2,1H3/t19-,21-/m1/s1. The lowest BCUT2D eigenvalue weighted by Gasteiger charge is -2.45. The molecule has 3 rings (SSSR count). The van der Waals surface area contributed by atoms with Crippen molar-refractivity contribution < 1.29 is 8.42 Å². The number of rotatable bonds is 8. The minimum absolute atomic E-state index is 0.000940. The van der Waals surface area contributed by atoms with E-state index in [0.717, 1.165) is 32.5 Å². The summed E-state index contributed by atoms with van der Waals surface area (Å²) in [6.07, 6.45) is 2.19. The monoisotopic (exact) mass is 530 g/mol. The van der Waals surface area contributed by atoms with Gasteiger partial charge in [-0.3, -0.25) is 4.90 Å². The maximum Gasteiger partial charge on any atom is 0.179 e. The summed E-state index contributed by atoms with van der Waals surface area (Å²) in [7, 11) is -1.63. The Bertz CT molecular complexity index is 834. The molecule has 0 bridgehead atoms. The average Bonchev–Trinajstić information content (AvgIpc) is 2.73. The molecular weight excluding hydrogens is 503 g/mol. The lowest BCUT2D eigenvalue weighted by atomic mass is 10.0. The quantitative estimate of drug-likeness (QED) is 0.356. The van der Waals surface area contributed by atoms with Crippen LogP contribution in [0.5, 0.6) is 0 Å². The first-order chi connectivity index (χ1) is 13.5. The number of hydrogen-bond donors (Lipinski definition) is 0. The Hall–Kier alpha value is -0.610. The van der Waals surface area contributed by atoms with Crippen molar-refractivity contribution in [2.75, 3.05) is 25.4 Å². The Morgan fingerprint density at radius 1 is 1.04 bits per heavy atom. The van der Waals surface area contributed by atoms with Gasteiger partial charge in [-0.1, -0.05) is 61.9 Å². The van der Waals surface area contributed by atoms with E-state index in [0.29, 0.717) is 4.90 Å². The summed E-state index contributed by atoms with van der Waals surface area (Å²) in [4.78, 5) is 2.81. The minimum Gasteiger partial charge on any atom is -0.296 e. The van der Waals surface area contributed by atoms with E-state index in [2.05, 4.69) is 61.6 Å². The fraction of sp³-hybridized carbons (Fsp3) is 0.429. The molecule has 4 nitrogen and oxygen atoms in total. The smallest absolute Gasteiger partial charge is 0.179 e. The zero-order chi connectivity index (χ0) is 20.0. The van der Waals surface area contributed by atoms with E-state index in [9.17, 15) is 8.42 Å². The van der Waals surface area contributed by atoms with E-state index < -0.39 is 9.84 Å². The first-order valence-electron chi connectivity index (χ1n) is 9.67. The summed E-state index contributed by atoms with van der Waals surface area (Å²) in [6, 6.07) is 19.6. The summed E-state index contributed by atoms with van der Waals surface area (Å²) < 4.78 is 28.4. The van der Waals surface area contributed by atoms with Crippen LogP contribution in [0.2, 0.25) is 0 Å². The topological polar surface area (TPSA) is 40.6 Å². The van der Waals surface area contributed by atoms with Crippen LogP contribution >= 0.6 is 30.3 Å². The second-order valence-electron chi connectivity index (χ2n) is 7.19. The van der Waals surface area contributed by atoms with Crippen molar-refractivity contribution in [2.24, 2.45) is 0 Å². The van der Waals surface area contributed by atoms with E-state index in [1.54, 1.807) is 33.4 Å². The maximum absolute atomic E-state index is 13.0. The van der Waals surface area contributed by atoms with Crippen LogP contribution in [0.25, 0.3) is 0 Å². The molecule has 1 saturated heterocycles.